The van der Waals surface area contributed by atoms with Crippen molar-refractivity contribution in [2.45, 2.75) is 6.92 Å². The summed E-state index contributed by atoms with van der Waals surface area (Å²) in [6, 6.07) is 5.39. The lowest BCUT2D eigenvalue weighted by Crippen LogP contribution is -2.01. The standard InChI is InChI=1S/C9H6ClNO2/c1-5-2-3-6-7(4-5)13-9(12)8(10)11-6/h2-4H,1H3. The van der Waals surface area contributed by atoms with Crippen molar-refractivity contribution in [3.8, 4) is 0 Å². The molecule has 2 rings (SSSR count). The van der Waals surface area contributed by atoms with Crippen LogP contribution in [0.4, 0.5) is 0 Å². The van der Waals surface area contributed by atoms with Gasteiger partial charge in [-0.2, -0.15) is 0 Å². The first-order valence-corrected chi connectivity index (χ1v) is 4.11. The van der Waals surface area contributed by atoms with Gasteiger partial charge >= 0.3 is 5.63 Å². The highest BCUT2D eigenvalue weighted by atomic mass is 35.5. The first kappa shape index (κ1) is 8.26. The molecule has 1 aromatic heterocycles. The molecule has 3 nitrogen and oxygen atoms in total. The molecule has 1 heterocycles. The maximum Gasteiger partial charge on any atom is 0.374 e. The fourth-order valence-electron chi connectivity index (χ4n) is 1.09. The minimum Gasteiger partial charge on any atom is -0.419 e. The Bertz CT molecular complexity index is 518. The van der Waals surface area contributed by atoms with Gasteiger partial charge in [0.1, 0.15) is 5.52 Å². The highest BCUT2D eigenvalue weighted by Crippen LogP contribution is 2.13. The molecule has 13 heavy (non-hydrogen) atoms. The van der Waals surface area contributed by atoms with Crippen molar-refractivity contribution in [1.29, 1.82) is 0 Å². The van der Waals surface area contributed by atoms with E-state index in [9.17, 15) is 4.79 Å². The Balaban J connectivity index is 2.89. The van der Waals surface area contributed by atoms with Crippen molar-refractivity contribution in [2.24, 2.45) is 0 Å². The van der Waals surface area contributed by atoms with Gasteiger partial charge in [-0.05, 0) is 24.6 Å². The molecule has 0 saturated heterocycles. The zero-order chi connectivity index (χ0) is 9.42. The molecule has 0 fully saturated rings. The second-order valence-corrected chi connectivity index (χ2v) is 3.12. The summed E-state index contributed by atoms with van der Waals surface area (Å²) in [5, 5.41) is -0.128. The van der Waals surface area contributed by atoms with Gasteiger partial charge in [-0.15, -0.1) is 0 Å². The van der Waals surface area contributed by atoms with E-state index in [1.807, 2.05) is 13.0 Å². The van der Waals surface area contributed by atoms with Crippen LogP contribution in [0, 0.1) is 6.92 Å². The van der Waals surface area contributed by atoms with Gasteiger partial charge in [0.05, 0.1) is 0 Å². The predicted molar refractivity (Wildman–Crippen MR) is 50.0 cm³/mol. The predicted octanol–water partition coefficient (Wildman–Crippen LogP) is 2.15. The monoisotopic (exact) mass is 195 g/mol. The third-order valence-electron chi connectivity index (χ3n) is 1.71. The summed E-state index contributed by atoms with van der Waals surface area (Å²) < 4.78 is 4.92. The smallest absolute Gasteiger partial charge is 0.374 e. The Morgan fingerprint density at radius 2 is 2.23 bits per heavy atom. The number of benzene rings is 1. The summed E-state index contributed by atoms with van der Waals surface area (Å²) >= 11 is 5.51. The summed E-state index contributed by atoms with van der Waals surface area (Å²) in [6.45, 7) is 1.91. The zero-order valence-electron chi connectivity index (χ0n) is 6.87. The second-order valence-electron chi connectivity index (χ2n) is 2.76. The maximum atomic E-state index is 11.0. The van der Waals surface area contributed by atoms with Gasteiger partial charge < -0.3 is 4.42 Å². The van der Waals surface area contributed by atoms with Gasteiger partial charge in [0.2, 0.25) is 5.15 Å². The van der Waals surface area contributed by atoms with E-state index in [0.29, 0.717) is 11.1 Å². The minimum absolute atomic E-state index is 0.128. The molecule has 0 saturated carbocycles. The van der Waals surface area contributed by atoms with E-state index in [1.165, 1.54) is 0 Å². The second kappa shape index (κ2) is 2.85. The first-order valence-electron chi connectivity index (χ1n) is 3.74. The van der Waals surface area contributed by atoms with E-state index in [1.54, 1.807) is 12.1 Å². The van der Waals surface area contributed by atoms with E-state index in [4.69, 9.17) is 16.0 Å². The van der Waals surface area contributed by atoms with Crippen LogP contribution in [0.15, 0.2) is 27.4 Å². The third-order valence-corrected chi connectivity index (χ3v) is 1.94. The van der Waals surface area contributed by atoms with Crippen LogP contribution in [0.1, 0.15) is 5.56 Å². The van der Waals surface area contributed by atoms with Crippen molar-refractivity contribution in [3.63, 3.8) is 0 Å². The Hall–Kier alpha value is -1.35. The van der Waals surface area contributed by atoms with Crippen LogP contribution in [-0.2, 0) is 0 Å². The number of fused-ring (bicyclic) bond motifs is 1. The van der Waals surface area contributed by atoms with E-state index in [0.717, 1.165) is 5.56 Å². The van der Waals surface area contributed by atoms with Gasteiger partial charge in [-0.1, -0.05) is 17.7 Å². The number of aryl methyl sites for hydroxylation is 1. The van der Waals surface area contributed by atoms with Gasteiger partial charge in [0, 0.05) is 0 Å². The average Bonchev–Trinajstić information content (AvgIpc) is 2.08. The topological polar surface area (TPSA) is 43.1 Å². The normalized spacial score (nSPS) is 10.6. The van der Waals surface area contributed by atoms with Crippen LogP contribution in [0.3, 0.4) is 0 Å². The van der Waals surface area contributed by atoms with Crippen LogP contribution >= 0.6 is 11.6 Å². The van der Waals surface area contributed by atoms with Gasteiger partial charge in [-0.3, -0.25) is 0 Å². The van der Waals surface area contributed by atoms with E-state index in [-0.39, 0.29) is 5.15 Å². The number of hydrogen-bond acceptors (Lipinski definition) is 3. The van der Waals surface area contributed by atoms with E-state index >= 15 is 0 Å². The molecule has 0 bridgehead atoms. The summed E-state index contributed by atoms with van der Waals surface area (Å²) in [5.41, 5.74) is 1.48. The van der Waals surface area contributed by atoms with Crippen LogP contribution < -0.4 is 5.63 Å². The van der Waals surface area contributed by atoms with Crippen molar-refractivity contribution in [2.75, 3.05) is 0 Å². The van der Waals surface area contributed by atoms with E-state index in [2.05, 4.69) is 4.98 Å². The molecule has 66 valence electrons. The van der Waals surface area contributed by atoms with E-state index < -0.39 is 5.63 Å². The molecule has 0 amide bonds. The third kappa shape index (κ3) is 1.42. The number of aromatic nitrogens is 1. The Labute approximate surface area is 79.0 Å². The Morgan fingerprint density at radius 3 is 3.00 bits per heavy atom. The fraction of sp³-hybridized carbons (Fsp3) is 0.111. The van der Waals surface area contributed by atoms with Crippen LogP contribution in [0.2, 0.25) is 5.15 Å². The summed E-state index contributed by atoms with van der Waals surface area (Å²) in [5.74, 6) is 0. The van der Waals surface area contributed by atoms with Crippen LogP contribution in [-0.4, -0.2) is 4.98 Å². The molecule has 0 N–H and O–H groups in total. The van der Waals surface area contributed by atoms with Crippen LogP contribution in [0.25, 0.3) is 11.1 Å². The first-order chi connectivity index (χ1) is 6.16. The summed E-state index contributed by atoms with van der Waals surface area (Å²) in [4.78, 5) is 14.9. The molecule has 0 radical (unpaired) electrons. The number of rotatable bonds is 0. The molecule has 0 spiro atoms. The lowest BCUT2D eigenvalue weighted by molar-refractivity contribution is 0.555. The van der Waals surface area contributed by atoms with Gasteiger partial charge in [0.25, 0.3) is 0 Å². The summed E-state index contributed by atoms with van der Waals surface area (Å²) in [6.07, 6.45) is 0. The van der Waals surface area contributed by atoms with Crippen LogP contribution in [0.5, 0.6) is 0 Å². The highest BCUT2D eigenvalue weighted by molar-refractivity contribution is 6.29. The molecular weight excluding hydrogens is 190 g/mol. The molecule has 0 aliphatic rings. The molecule has 0 aliphatic heterocycles. The molecule has 1 aromatic carbocycles. The largest absolute Gasteiger partial charge is 0.419 e. The lowest BCUT2D eigenvalue weighted by atomic mass is 10.2. The van der Waals surface area contributed by atoms with Crippen molar-refractivity contribution >= 4 is 22.7 Å². The maximum absolute atomic E-state index is 11.0. The van der Waals surface area contributed by atoms with Crippen molar-refractivity contribution in [3.05, 3.63) is 39.3 Å². The lowest BCUT2D eigenvalue weighted by Gasteiger charge is -1.96. The quantitative estimate of drug-likeness (QED) is 0.647. The Kier molecular flexibility index (Phi) is 1.81. The molecule has 0 unspecified atom stereocenters. The number of nitrogens with zero attached hydrogens (tertiary/aromatic N) is 1. The van der Waals surface area contributed by atoms with Crippen molar-refractivity contribution in [1.82, 2.24) is 4.98 Å². The van der Waals surface area contributed by atoms with Gasteiger partial charge in [-0.25, -0.2) is 9.78 Å². The number of hydrogen-bond donors (Lipinski definition) is 0. The average molecular weight is 196 g/mol. The number of halogens is 1. The Morgan fingerprint density at radius 1 is 1.46 bits per heavy atom. The zero-order valence-corrected chi connectivity index (χ0v) is 7.63. The van der Waals surface area contributed by atoms with Gasteiger partial charge in [0.15, 0.2) is 5.58 Å². The SMILES string of the molecule is Cc1ccc2nc(Cl)c(=O)oc2c1. The highest BCUT2D eigenvalue weighted by Gasteiger charge is 2.03. The molecule has 4 heteroatoms. The molecule has 2 aromatic rings. The molecular formula is C9H6ClNO2. The summed E-state index contributed by atoms with van der Waals surface area (Å²) in [7, 11) is 0. The minimum atomic E-state index is -0.597. The molecule has 0 atom stereocenters. The van der Waals surface area contributed by atoms with Crippen molar-refractivity contribution < 1.29 is 4.42 Å². The fourth-order valence-corrected chi connectivity index (χ4v) is 1.22. The molecule has 0 aliphatic carbocycles.